The number of nitrogens with two attached hydrogens (primary N) is 1. The lowest BCUT2D eigenvalue weighted by Gasteiger charge is -2.26. The maximum absolute atomic E-state index is 13.2. The third-order valence-electron chi connectivity index (χ3n) is 5.77. The van der Waals surface area contributed by atoms with Crippen LogP contribution in [0.2, 0.25) is 0 Å². The Kier molecular flexibility index (Phi) is 12.6. The zero-order chi connectivity index (χ0) is 27.4. The van der Waals surface area contributed by atoms with Crippen LogP contribution in [0.15, 0.2) is 12.5 Å². The van der Waals surface area contributed by atoms with Gasteiger partial charge in [0.1, 0.15) is 18.1 Å². The average Bonchev–Trinajstić information content (AvgIpc) is 3.32. The number of carbonyl (C=O) groups is 5. The summed E-state index contributed by atoms with van der Waals surface area (Å²) in [5.41, 5.74) is 6.50. The van der Waals surface area contributed by atoms with Crippen molar-refractivity contribution in [2.45, 2.75) is 84.0 Å². The topological polar surface area (TPSA) is 217 Å². The second-order valence-electron chi connectivity index (χ2n) is 9.28. The molecule has 1 aromatic heterocycles. The summed E-state index contributed by atoms with van der Waals surface area (Å²) in [4.78, 5) is 67.9. The second-order valence-corrected chi connectivity index (χ2v) is 9.28. The van der Waals surface area contributed by atoms with E-state index in [1.165, 1.54) is 12.5 Å². The largest absolute Gasteiger partial charge is 0.481 e. The number of carboxylic acids is 2. The van der Waals surface area contributed by atoms with Crippen LogP contribution in [0.3, 0.4) is 0 Å². The molecule has 0 aromatic carbocycles. The quantitative estimate of drug-likeness (QED) is 0.156. The Morgan fingerprint density at radius 2 is 1.56 bits per heavy atom. The van der Waals surface area contributed by atoms with Crippen molar-refractivity contribution in [1.82, 2.24) is 25.9 Å². The number of hydrogen-bond donors (Lipinski definition) is 7. The lowest BCUT2D eigenvalue weighted by atomic mass is 9.97. The molecule has 0 aliphatic carbocycles. The van der Waals surface area contributed by atoms with E-state index in [2.05, 4.69) is 25.9 Å². The molecule has 0 saturated carbocycles. The first-order chi connectivity index (χ1) is 16.8. The van der Waals surface area contributed by atoms with E-state index in [1.54, 1.807) is 0 Å². The van der Waals surface area contributed by atoms with Crippen molar-refractivity contribution >= 4 is 29.7 Å². The van der Waals surface area contributed by atoms with Crippen LogP contribution in [0.25, 0.3) is 0 Å². The number of hydrogen-bond acceptors (Lipinski definition) is 7. The fraction of sp³-hybridized carbons (Fsp3) is 0.652. The monoisotopic (exact) mass is 510 g/mol. The molecule has 0 fully saturated rings. The number of nitrogens with one attached hydrogen (secondary N) is 4. The maximum atomic E-state index is 13.2. The Bertz CT molecular complexity index is 890. The number of aromatic amines is 1. The maximum Gasteiger partial charge on any atom is 0.326 e. The minimum Gasteiger partial charge on any atom is -0.481 e. The predicted octanol–water partition coefficient (Wildman–Crippen LogP) is -0.224. The lowest BCUT2D eigenvalue weighted by molar-refractivity contribution is -0.143. The van der Waals surface area contributed by atoms with Gasteiger partial charge in [-0.3, -0.25) is 19.2 Å². The molecule has 202 valence electrons. The highest BCUT2D eigenvalue weighted by Crippen LogP contribution is 2.10. The number of nitrogens with zero attached hydrogens (tertiary/aromatic N) is 1. The first-order valence-electron chi connectivity index (χ1n) is 11.9. The number of carboxylic acid groups (broad SMARTS) is 2. The van der Waals surface area contributed by atoms with Crippen molar-refractivity contribution in [2.24, 2.45) is 17.6 Å². The average molecular weight is 511 g/mol. The summed E-state index contributed by atoms with van der Waals surface area (Å²) in [6.45, 7) is 7.47. The van der Waals surface area contributed by atoms with Gasteiger partial charge in [0.15, 0.2) is 0 Å². The second kappa shape index (κ2) is 14.8. The predicted molar refractivity (Wildman–Crippen MR) is 129 cm³/mol. The normalized spacial score (nSPS) is 15.3. The first kappa shape index (κ1) is 30.6. The summed E-state index contributed by atoms with van der Waals surface area (Å²) in [5, 5.41) is 25.8. The number of carbonyl (C=O) groups excluding carboxylic acids is 3. The first-order valence-corrected chi connectivity index (χ1v) is 11.9. The summed E-state index contributed by atoms with van der Waals surface area (Å²) < 4.78 is 0. The minimum absolute atomic E-state index is 0.0215. The van der Waals surface area contributed by atoms with Gasteiger partial charge in [0.05, 0.1) is 12.4 Å². The molecule has 1 rings (SSSR count). The molecular formula is C23H38N6O7. The highest BCUT2D eigenvalue weighted by molar-refractivity contribution is 5.94. The van der Waals surface area contributed by atoms with Gasteiger partial charge < -0.3 is 36.9 Å². The van der Waals surface area contributed by atoms with Crippen LogP contribution in [0, 0.1) is 11.8 Å². The Morgan fingerprint density at radius 3 is 2.06 bits per heavy atom. The molecule has 8 N–H and O–H groups in total. The zero-order valence-corrected chi connectivity index (χ0v) is 21.1. The van der Waals surface area contributed by atoms with E-state index in [-0.39, 0.29) is 31.1 Å². The van der Waals surface area contributed by atoms with Gasteiger partial charge in [-0.05, 0) is 24.7 Å². The number of rotatable bonds is 16. The third kappa shape index (κ3) is 10.4. The van der Waals surface area contributed by atoms with Gasteiger partial charge in [-0.1, -0.05) is 34.1 Å². The molecule has 0 saturated heterocycles. The molecule has 0 radical (unpaired) electrons. The van der Waals surface area contributed by atoms with E-state index in [0.717, 1.165) is 0 Å². The van der Waals surface area contributed by atoms with E-state index < -0.39 is 60.2 Å². The van der Waals surface area contributed by atoms with Crippen molar-refractivity contribution in [2.75, 3.05) is 0 Å². The molecule has 0 aliphatic heterocycles. The van der Waals surface area contributed by atoms with Gasteiger partial charge in [-0.15, -0.1) is 0 Å². The van der Waals surface area contributed by atoms with Crippen molar-refractivity contribution in [3.8, 4) is 0 Å². The Morgan fingerprint density at radius 1 is 0.972 bits per heavy atom. The molecule has 1 heterocycles. The van der Waals surface area contributed by atoms with Crippen LogP contribution in [0.5, 0.6) is 0 Å². The molecule has 3 amide bonds. The van der Waals surface area contributed by atoms with Crippen molar-refractivity contribution in [3.05, 3.63) is 18.2 Å². The van der Waals surface area contributed by atoms with Crippen LogP contribution in [0.4, 0.5) is 0 Å². The summed E-state index contributed by atoms with van der Waals surface area (Å²) in [5.74, 6) is -4.63. The number of imidazole rings is 1. The Hall–Kier alpha value is -3.48. The van der Waals surface area contributed by atoms with Crippen LogP contribution in [0.1, 0.15) is 59.1 Å². The van der Waals surface area contributed by atoms with Crippen LogP contribution in [-0.2, 0) is 30.4 Å². The number of H-pyrrole nitrogens is 1. The van der Waals surface area contributed by atoms with Gasteiger partial charge in [0, 0.05) is 24.7 Å². The van der Waals surface area contributed by atoms with Gasteiger partial charge in [-0.2, -0.15) is 0 Å². The SMILES string of the molecule is CCC(C)C(N)C(=O)NC(CC(C)C)C(=O)NC(Cc1cnc[nH]1)C(=O)NC(CCC(=O)O)C(=O)O. The molecular weight excluding hydrogens is 472 g/mol. The number of aliphatic carboxylic acids is 2. The third-order valence-corrected chi connectivity index (χ3v) is 5.77. The highest BCUT2D eigenvalue weighted by atomic mass is 16.4. The van der Waals surface area contributed by atoms with Gasteiger partial charge in [0.2, 0.25) is 17.7 Å². The van der Waals surface area contributed by atoms with E-state index in [0.29, 0.717) is 12.1 Å². The number of amides is 3. The fourth-order valence-electron chi connectivity index (χ4n) is 3.38. The Labute approximate surface area is 210 Å². The molecule has 0 spiro atoms. The van der Waals surface area contributed by atoms with Gasteiger partial charge >= 0.3 is 11.9 Å². The number of aromatic nitrogens is 2. The van der Waals surface area contributed by atoms with Crippen LogP contribution < -0.4 is 21.7 Å². The Balaban J connectivity index is 3.08. The molecule has 1 aromatic rings. The minimum atomic E-state index is -1.46. The molecule has 5 unspecified atom stereocenters. The van der Waals surface area contributed by atoms with Gasteiger partial charge in [-0.25, -0.2) is 9.78 Å². The van der Waals surface area contributed by atoms with E-state index >= 15 is 0 Å². The molecule has 13 heteroatoms. The molecule has 36 heavy (non-hydrogen) atoms. The molecule has 0 aliphatic rings. The van der Waals surface area contributed by atoms with Crippen LogP contribution in [-0.4, -0.2) is 74.0 Å². The van der Waals surface area contributed by atoms with E-state index in [4.69, 9.17) is 10.8 Å². The summed E-state index contributed by atoms with van der Waals surface area (Å²) >= 11 is 0. The van der Waals surface area contributed by atoms with Crippen molar-refractivity contribution < 1.29 is 34.2 Å². The smallest absolute Gasteiger partial charge is 0.326 e. The van der Waals surface area contributed by atoms with E-state index in [9.17, 15) is 29.1 Å². The molecule has 0 bridgehead atoms. The summed E-state index contributed by atoms with van der Waals surface area (Å²) in [6, 6.07) is -4.48. The van der Waals surface area contributed by atoms with Crippen molar-refractivity contribution in [1.29, 1.82) is 0 Å². The molecule has 13 nitrogen and oxygen atoms in total. The lowest BCUT2D eigenvalue weighted by Crippen LogP contribution is -2.58. The summed E-state index contributed by atoms with van der Waals surface area (Å²) in [6.07, 6.45) is 2.95. The zero-order valence-electron chi connectivity index (χ0n) is 21.1. The van der Waals surface area contributed by atoms with Crippen LogP contribution >= 0.6 is 0 Å². The van der Waals surface area contributed by atoms with Gasteiger partial charge in [0.25, 0.3) is 0 Å². The highest BCUT2D eigenvalue weighted by Gasteiger charge is 2.32. The van der Waals surface area contributed by atoms with Crippen molar-refractivity contribution in [3.63, 3.8) is 0 Å². The fourth-order valence-corrected chi connectivity index (χ4v) is 3.38. The summed E-state index contributed by atoms with van der Waals surface area (Å²) in [7, 11) is 0. The molecule has 5 atom stereocenters. The standard InChI is InChI=1S/C23H38N6O7/c1-5-13(4)19(24)22(34)29-16(8-12(2)3)20(32)28-17(9-14-10-25-11-26-14)21(33)27-15(23(35)36)6-7-18(30)31/h10-13,15-17,19H,5-9,24H2,1-4H3,(H,25,26)(H,27,33)(H,28,32)(H,29,34)(H,30,31)(H,35,36). The van der Waals surface area contributed by atoms with E-state index in [1.807, 2.05) is 27.7 Å².